The summed E-state index contributed by atoms with van der Waals surface area (Å²) in [4.78, 5) is 8.62. The molecule has 0 radical (unpaired) electrons. The van der Waals surface area contributed by atoms with Crippen LogP contribution in [-0.4, -0.2) is 21.5 Å². The van der Waals surface area contributed by atoms with Crippen LogP contribution in [0.5, 0.6) is 0 Å². The van der Waals surface area contributed by atoms with E-state index >= 15 is 0 Å². The minimum Gasteiger partial charge on any atom is -0.322 e. The van der Waals surface area contributed by atoms with Crippen molar-refractivity contribution in [1.82, 2.24) is 9.97 Å². The quantitative estimate of drug-likeness (QED) is 0.834. The van der Waals surface area contributed by atoms with Gasteiger partial charge in [0.1, 0.15) is 5.82 Å². The molecule has 1 aromatic rings. The van der Waals surface area contributed by atoms with Crippen molar-refractivity contribution in [2.24, 2.45) is 5.73 Å². The van der Waals surface area contributed by atoms with Crippen molar-refractivity contribution >= 4 is 11.8 Å². The molecule has 0 amide bonds. The van der Waals surface area contributed by atoms with Crippen LogP contribution in [0, 0.1) is 0 Å². The van der Waals surface area contributed by atoms with E-state index in [4.69, 9.17) is 5.73 Å². The summed E-state index contributed by atoms with van der Waals surface area (Å²) < 4.78 is 0. The summed E-state index contributed by atoms with van der Waals surface area (Å²) in [5.41, 5.74) is 6.99. The van der Waals surface area contributed by atoms with E-state index < -0.39 is 0 Å². The SMILES string of the molecule is CC(N)c1ncc(C2CCSCC2)cn1. The number of aromatic nitrogens is 2. The van der Waals surface area contributed by atoms with Gasteiger partial charge in [0.05, 0.1) is 6.04 Å². The summed E-state index contributed by atoms with van der Waals surface area (Å²) in [7, 11) is 0. The average Bonchev–Trinajstić information content (AvgIpc) is 2.30. The topological polar surface area (TPSA) is 51.8 Å². The van der Waals surface area contributed by atoms with Gasteiger partial charge < -0.3 is 5.73 Å². The van der Waals surface area contributed by atoms with Gasteiger partial charge in [-0.2, -0.15) is 11.8 Å². The molecular formula is C11H17N3S. The molecule has 0 aliphatic carbocycles. The third-order valence-electron chi connectivity index (χ3n) is 2.79. The molecule has 15 heavy (non-hydrogen) atoms. The normalized spacial score (nSPS) is 20.1. The minimum atomic E-state index is -0.0686. The molecule has 0 saturated carbocycles. The molecule has 1 aromatic heterocycles. The van der Waals surface area contributed by atoms with E-state index in [1.54, 1.807) is 0 Å². The summed E-state index contributed by atoms with van der Waals surface area (Å²) in [6, 6.07) is -0.0686. The Bertz CT molecular complexity index is 304. The first kappa shape index (κ1) is 10.9. The second kappa shape index (κ2) is 4.94. The number of nitrogens with two attached hydrogens (primary N) is 1. The van der Waals surface area contributed by atoms with Crippen LogP contribution in [-0.2, 0) is 0 Å². The molecule has 2 rings (SSSR count). The van der Waals surface area contributed by atoms with E-state index in [1.165, 1.54) is 29.9 Å². The van der Waals surface area contributed by atoms with Crippen LogP contribution in [0.25, 0.3) is 0 Å². The highest BCUT2D eigenvalue weighted by Gasteiger charge is 2.16. The Morgan fingerprint density at radius 2 is 1.93 bits per heavy atom. The Kier molecular flexibility index (Phi) is 3.59. The Morgan fingerprint density at radius 1 is 1.33 bits per heavy atom. The third-order valence-corrected chi connectivity index (χ3v) is 3.84. The average molecular weight is 223 g/mol. The van der Waals surface area contributed by atoms with Crippen LogP contribution in [0.15, 0.2) is 12.4 Å². The van der Waals surface area contributed by atoms with Crippen LogP contribution in [0.1, 0.15) is 43.1 Å². The lowest BCUT2D eigenvalue weighted by Crippen LogP contribution is -2.12. The third kappa shape index (κ3) is 2.69. The Labute approximate surface area is 94.9 Å². The van der Waals surface area contributed by atoms with Crippen molar-refractivity contribution in [2.45, 2.75) is 31.7 Å². The van der Waals surface area contributed by atoms with Gasteiger partial charge in [-0.25, -0.2) is 9.97 Å². The number of rotatable bonds is 2. The Balaban J connectivity index is 2.08. The largest absolute Gasteiger partial charge is 0.322 e. The van der Waals surface area contributed by atoms with Gasteiger partial charge in [-0.1, -0.05) is 0 Å². The fraction of sp³-hybridized carbons (Fsp3) is 0.636. The summed E-state index contributed by atoms with van der Waals surface area (Å²) in [5.74, 6) is 3.93. The van der Waals surface area contributed by atoms with Crippen molar-refractivity contribution in [2.75, 3.05) is 11.5 Å². The highest BCUT2D eigenvalue weighted by atomic mass is 32.2. The van der Waals surface area contributed by atoms with E-state index in [0.29, 0.717) is 5.92 Å². The first-order valence-corrected chi connectivity index (χ1v) is 6.58. The van der Waals surface area contributed by atoms with Gasteiger partial charge >= 0.3 is 0 Å². The van der Waals surface area contributed by atoms with Gasteiger partial charge in [0.25, 0.3) is 0 Å². The van der Waals surface area contributed by atoms with Crippen molar-refractivity contribution in [1.29, 1.82) is 0 Å². The molecule has 3 nitrogen and oxygen atoms in total. The maximum absolute atomic E-state index is 5.71. The number of thioether (sulfide) groups is 1. The monoisotopic (exact) mass is 223 g/mol. The second-order valence-corrected chi connectivity index (χ2v) is 5.27. The molecule has 82 valence electrons. The molecule has 4 heteroatoms. The van der Waals surface area contributed by atoms with Crippen LogP contribution < -0.4 is 5.73 Å². The molecule has 2 heterocycles. The maximum atomic E-state index is 5.71. The van der Waals surface area contributed by atoms with Gasteiger partial charge in [0, 0.05) is 12.4 Å². The van der Waals surface area contributed by atoms with Crippen molar-refractivity contribution < 1.29 is 0 Å². The molecule has 2 N–H and O–H groups in total. The molecule has 0 bridgehead atoms. The van der Waals surface area contributed by atoms with E-state index in [-0.39, 0.29) is 6.04 Å². The molecule has 1 unspecified atom stereocenters. The molecule has 1 fully saturated rings. The molecule has 1 aliphatic rings. The van der Waals surface area contributed by atoms with Gasteiger partial charge in [-0.15, -0.1) is 0 Å². The zero-order valence-corrected chi connectivity index (χ0v) is 9.83. The summed E-state index contributed by atoms with van der Waals surface area (Å²) in [6.07, 6.45) is 6.41. The predicted molar refractivity (Wildman–Crippen MR) is 63.9 cm³/mol. The Morgan fingerprint density at radius 3 is 2.47 bits per heavy atom. The number of hydrogen-bond acceptors (Lipinski definition) is 4. The smallest absolute Gasteiger partial charge is 0.144 e. The lowest BCUT2D eigenvalue weighted by Gasteiger charge is -2.21. The summed E-state index contributed by atoms with van der Waals surface area (Å²) >= 11 is 2.04. The lowest BCUT2D eigenvalue weighted by atomic mass is 9.96. The first-order chi connectivity index (χ1) is 7.27. The van der Waals surface area contributed by atoms with Crippen LogP contribution in [0.4, 0.5) is 0 Å². The lowest BCUT2D eigenvalue weighted by molar-refractivity contribution is 0.625. The van der Waals surface area contributed by atoms with Crippen molar-refractivity contribution in [3.8, 4) is 0 Å². The predicted octanol–water partition coefficient (Wildman–Crippen LogP) is 2.11. The molecule has 0 spiro atoms. The van der Waals surface area contributed by atoms with Crippen LogP contribution in [0.2, 0.25) is 0 Å². The van der Waals surface area contributed by atoms with Gasteiger partial charge in [-0.05, 0) is 42.8 Å². The molecule has 1 atom stereocenters. The van der Waals surface area contributed by atoms with Crippen LogP contribution in [0.3, 0.4) is 0 Å². The number of nitrogens with zero attached hydrogens (tertiary/aromatic N) is 2. The van der Waals surface area contributed by atoms with Gasteiger partial charge in [0.15, 0.2) is 0 Å². The first-order valence-electron chi connectivity index (χ1n) is 5.42. The number of hydrogen-bond donors (Lipinski definition) is 1. The standard InChI is InChI=1S/C11H17N3S/c1-8(12)11-13-6-10(7-14-11)9-2-4-15-5-3-9/h6-9H,2-5,12H2,1H3. The molecule has 1 aliphatic heterocycles. The van der Waals surface area contributed by atoms with E-state index in [2.05, 4.69) is 9.97 Å². The van der Waals surface area contributed by atoms with Crippen molar-refractivity contribution in [3.63, 3.8) is 0 Å². The zero-order valence-electron chi connectivity index (χ0n) is 9.02. The van der Waals surface area contributed by atoms with E-state index in [9.17, 15) is 0 Å². The highest BCUT2D eigenvalue weighted by molar-refractivity contribution is 7.99. The fourth-order valence-electron chi connectivity index (χ4n) is 1.82. The van der Waals surface area contributed by atoms with Gasteiger partial charge in [-0.3, -0.25) is 0 Å². The highest BCUT2D eigenvalue weighted by Crippen LogP contribution is 2.30. The summed E-state index contributed by atoms with van der Waals surface area (Å²) in [6.45, 7) is 1.91. The van der Waals surface area contributed by atoms with Gasteiger partial charge in [0.2, 0.25) is 0 Å². The van der Waals surface area contributed by atoms with E-state index in [1.807, 2.05) is 31.1 Å². The Hall–Kier alpha value is -0.610. The second-order valence-electron chi connectivity index (χ2n) is 4.05. The van der Waals surface area contributed by atoms with Crippen molar-refractivity contribution in [3.05, 3.63) is 23.8 Å². The maximum Gasteiger partial charge on any atom is 0.144 e. The molecular weight excluding hydrogens is 206 g/mol. The van der Waals surface area contributed by atoms with Crippen LogP contribution >= 0.6 is 11.8 Å². The summed E-state index contributed by atoms with van der Waals surface area (Å²) in [5, 5.41) is 0. The fourth-order valence-corrected chi connectivity index (χ4v) is 2.93. The minimum absolute atomic E-state index is 0.0686. The molecule has 1 saturated heterocycles. The van der Waals surface area contributed by atoms with E-state index in [0.717, 1.165) is 5.82 Å². The zero-order chi connectivity index (χ0) is 10.7. The molecule has 0 aromatic carbocycles.